The summed E-state index contributed by atoms with van der Waals surface area (Å²) in [5, 5.41) is 4.16. The predicted molar refractivity (Wildman–Crippen MR) is 52.0 cm³/mol. The highest BCUT2D eigenvalue weighted by atomic mass is 16.6. The second-order valence-electron chi connectivity index (χ2n) is 4.02. The van der Waals surface area contributed by atoms with Crippen LogP contribution in [-0.4, -0.2) is 21.4 Å². The lowest BCUT2D eigenvalue weighted by Crippen LogP contribution is -2.20. The van der Waals surface area contributed by atoms with Gasteiger partial charge in [0, 0.05) is 25.4 Å². The third kappa shape index (κ3) is 0.997. The molecule has 2 atom stereocenters. The quantitative estimate of drug-likeness (QED) is 0.671. The summed E-state index contributed by atoms with van der Waals surface area (Å²) in [6, 6.07) is 0. The molecule has 74 valence electrons. The Bertz CT molecular complexity index is 382. The van der Waals surface area contributed by atoms with Gasteiger partial charge in [0.25, 0.3) is 0 Å². The highest BCUT2D eigenvalue weighted by Gasteiger charge is 2.39. The summed E-state index contributed by atoms with van der Waals surface area (Å²) in [4.78, 5) is 9.71. The molecule has 0 amide bonds. The highest BCUT2D eigenvalue weighted by molar-refractivity contribution is 6.00. The van der Waals surface area contributed by atoms with Crippen molar-refractivity contribution < 1.29 is 4.84 Å². The van der Waals surface area contributed by atoms with E-state index in [9.17, 15) is 0 Å². The Morgan fingerprint density at radius 1 is 1.50 bits per heavy atom. The van der Waals surface area contributed by atoms with Gasteiger partial charge < -0.3 is 9.40 Å². The summed E-state index contributed by atoms with van der Waals surface area (Å²) in [6.07, 6.45) is 7.65. The van der Waals surface area contributed by atoms with E-state index in [4.69, 9.17) is 4.84 Å². The van der Waals surface area contributed by atoms with E-state index in [0.717, 1.165) is 18.0 Å². The second kappa shape index (κ2) is 2.83. The van der Waals surface area contributed by atoms with Gasteiger partial charge in [0.15, 0.2) is 5.82 Å². The zero-order chi connectivity index (χ0) is 9.54. The van der Waals surface area contributed by atoms with Crippen LogP contribution < -0.4 is 0 Å². The van der Waals surface area contributed by atoms with Crippen molar-refractivity contribution in [1.29, 1.82) is 0 Å². The third-order valence-corrected chi connectivity index (χ3v) is 3.14. The van der Waals surface area contributed by atoms with Crippen LogP contribution in [0, 0.1) is 5.92 Å². The molecule has 0 bridgehead atoms. The monoisotopic (exact) mass is 191 g/mol. The molecule has 0 radical (unpaired) electrons. The molecule has 0 N–H and O–H groups in total. The highest BCUT2D eigenvalue weighted by Crippen LogP contribution is 2.35. The van der Waals surface area contributed by atoms with Crippen molar-refractivity contribution >= 4 is 5.71 Å². The number of hydrogen-bond acceptors (Lipinski definition) is 3. The summed E-state index contributed by atoms with van der Waals surface area (Å²) >= 11 is 0. The average Bonchev–Trinajstić information content (AvgIpc) is 2.78. The number of oxime groups is 1. The van der Waals surface area contributed by atoms with Crippen molar-refractivity contribution in [3.05, 3.63) is 18.2 Å². The maximum Gasteiger partial charge on any atom is 0.157 e. The second-order valence-corrected chi connectivity index (χ2v) is 4.02. The van der Waals surface area contributed by atoms with Gasteiger partial charge in [-0.05, 0) is 19.3 Å². The normalized spacial score (nSPS) is 29.9. The third-order valence-electron chi connectivity index (χ3n) is 3.14. The molecule has 2 aliphatic rings. The molecule has 4 heteroatoms. The van der Waals surface area contributed by atoms with E-state index in [1.54, 1.807) is 6.20 Å². The van der Waals surface area contributed by atoms with Crippen LogP contribution in [0.2, 0.25) is 0 Å². The molecule has 2 heterocycles. The van der Waals surface area contributed by atoms with Crippen molar-refractivity contribution in [3.63, 3.8) is 0 Å². The summed E-state index contributed by atoms with van der Waals surface area (Å²) in [5.74, 6) is 1.44. The number of imidazole rings is 1. The SMILES string of the molecule is Cn1ccnc1C1=NO[C@@H]2CCC[C@H]12. The summed E-state index contributed by atoms with van der Waals surface area (Å²) in [6.45, 7) is 0. The smallest absolute Gasteiger partial charge is 0.157 e. The zero-order valence-electron chi connectivity index (χ0n) is 8.18. The van der Waals surface area contributed by atoms with E-state index in [2.05, 4.69) is 10.1 Å². The molecule has 0 spiro atoms. The number of nitrogens with zero attached hydrogens (tertiary/aromatic N) is 3. The van der Waals surface area contributed by atoms with E-state index in [0.29, 0.717) is 12.0 Å². The van der Waals surface area contributed by atoms with Crippen LogP contribution in [0.5, 0.6) is 0 Å². The molecule has 4 nitrogen and oxygen atoms in total. The Morgan fingerprint density at radius 3 is 3.21 bits per heavy atom. The van der Waals surface area contributed by atoms with E-state index < -0.39 is 0 Å². The maximum absolute atomic E-state index is 5.40. The van der Waals surface area contributed by atoms with Gasteiger partial charge in [-0.15, -0.1) is 0 Å². The summed E-state index contributed by atoms with van der Waals surface area (Å²) in [7, 11) is 1.99. The Kier molecular flexibility index (Phi) is 1.63. The molecule has 3 rings (SSSR count). The van der Waals surface area contributed by atoms with Crippen molar-refractivity contribution in [2.24, 2.45) is 18.1 Å². The minimum absolute atomic E-state index is 0.321. The Balaban J connectivity index is 1.96. The van der Waals surface area contributed by atoms with Gasteiger partial charge in [0.05, 0.1) is 0 Å². The fourth-order valence-electron chi connectivity index (χ4n) is 2.38. The van der Waals surface area contributed by atoms with Gasteiger partial charge >= 0.3 is 0 Å². The zero-order valence-corrected chi connectivity index (χ0v) is 8.18. The van der Waals surface area contributed by atoms with Gasteiger partial charge in [-0.1, -0.05) is 5.16 Å². The van der Waals surface area contributed by atoms with Crippen LogP contribution in [0.3, 0.4) is 0 Å². The number of aryl methyl sites for hydroxylation is 1. The molecule has 1 aromatic heterocycles. The molecule has 1 fully saturated rings. The maximum atomic E-state index is 5.40. The molecule has 14 heavy (non-hydrogen) atoms. The van der Waals surface area contributed by atoms with E-state index in [1.165, 1.54) is 12.8 Å². The van der Waals surface area contributed by atoms with E-state index in [-0.39, 0.29) is 0 Å². The first-order chi connectivity index (χ1) is 6.86. The largest absolute Gasteiger partial charge is 0.391 e. The van der Waals surface area contributed by atoms with Crippen molar-refractivity contribution in [3.8, 4) is 0 Å². The molecule has 1 aromatic rings. The fraction of sp³-hybridized carbons (Fsp3) is 0.600. The van der Waals surface area contributed by atoms with Gasteiger partial charge in [-0.2, -0.15) is 0 Å². The van der Waals surface area contributed by atoms with Gasteiger partial charge in [-0.3, -0.25) is 0 Å². The van der Waals surface area contributed by atoms with Crippen molar-refractivity contribution in [1.82, 2.24) is 9.55 Å². The molecule has 0 saturated heterocycles. The minimum atomic E-state index is 0.321. The minimum Gasteiger partial charge on any atom is -0.391 e. The van der Waals surface area contributed by atoms with E-state index >= 15 is 0 Å². The lowest BCUT2D eigenvalue weighted by molar-refractivity contribution is 0.0746. The standard InChI is InChI=1S/C10H13N3O/c1-13-6-5-11-10(13)9-7-3-2-4-8(7)14-12-9/h5-8H,2-4H2,1H3/t7-,8+/m0/s1. The van der Waals surface area contributed by atoms with E-state index in [1.807, 2.05) is 17.8 Å². The van der Waals surface area contributed by atoms with Crippen molar-refractivity contribution in [2.45, 2.75) is 25.4 Å². The molecule has 1 saturated carbocycles. The van der Waals surface area contributed by atoms with Gasteiger partial charge in [-0.25, -0.2) is 4.98 Å². The first kappa shape index (κ1) is 8.03. The summed E-state index contributed by atoms with van der Waals surface area (Å²) in [5.41, 5.74) is 1.04. The van der Waals surface area contributed by atoms with Crippen LogP contribution in [-0.2, 0) is 11.9 Å². The van der Waals surface area contributed by atoms with Crippen LogP contribution in [0.4, 0.5) is 0 Å². The van der Waals surface area contributed by atoms with Crippen LogP contribution in [0.25, 0.3) is 0 Å². The average molecular weight is 191 g/mol. The molecule has 1 aliphatic carbocycles. The number of fused-ring (bicyclic) bond motifs is 1. The lowest BCUT2D eigenvalue weighted by atomic mass is 10.00. The van der Waals surface area contributed by atoms with Crippen molar-refractivity contribution in [2.75, 3.05) is 0 Å². The Morgan fingerprint density at radius 2 is 2.43 bits per heavy atom. The molecular formula is C10H13N3O. The number of aromatic nitrogens is 2. The topological polar surface area (TPSA) is 39.4 Å². The molecular weight excluding hydrogens is 178 g/mol. The van der Waals surface area contributed by atoms with Crippen LogP contribution >= 0.6 is 0 Å². The van der Waals surface area contributed by atoms with Crippen LogP contribution in [0.15, 0.2) is 17.5 Å². The summed E-state index contributed by atoms with van der Waals surface area (Å²) < 4.78 is 2.00. The van der Waals surface area contributed by atoms with Gasteiger partial charge in [0.1, 0.15) is 11.8 Å². The van der Waals surface area contributed by atoms with Gasteiger partial charge in [0.2, 0.25) is 0 Å². The number of rotatable bonds is 1. The molecule has 0 aromatic carbocycles. The molecule has 0 unspecified atom stereocenters. The Hall–Kier alpha value is -1.32. The first-order valence-electron chi connectivity index (χ1n) is 5.07. The number of hydrogen-bond donors (Lipinski definition) is 0. The predicted octanol–water partition coefficient (Wildman–Crippen LogP) is 1.32. The fourth-order valence-corrected chi connectivity index (χ4v) is 2.38. The van der Waals surface area contributed by atoms with Crippen LogP contribution in [0.1, 0.15) is 25.1 Å². The Labute approximate surface area is 82.6 Å². The lowest BCUT2D eigenvalue weighted by Gasteiger charge is -2.07. The molecule has 1 aliphatic heterocycles. The first-order valence-corrected chi connectivity index (χ1v) is 5.07.